The molecular weight excluding hydrogens is 314 g/mol. The van der Waals surface area contributed by atoms with Crippen LogP contribution in [0.4, 0.5) is 5.82 Å². The lowest BCUT2D eigenvalue weighted by Crippen LogP contribution is -2.15. The number of aryl methyl sites for hydroxylation is 2. The molecule has 1 unspecified atom stereocenters. The van der Waals surface area contributed by atoms with Crippen LogP contribution in [0, 0.1) is 13.8 Å². The summed E-state index contributed by atoms with van der Waals surface area (Å²) in [5, 5.41) is -0.159. The van der Waals surface area contributed by atoms with Gasteiger partial charge in [-0.25, -0.2) is 8.42 Å². The number of aromatic nitrogens is 2. The minimum absolute atomic E-state index is 0.0256. The number of rotatable bonds is 5. The number of anilines is 1. The van der Waals surface area contributed by atoms with Crippen LogP contribution in [0.15, 0.2) is 34.2 Å². The molecule has 2 aromatic rings. The standard InChI is InChI=1S/C16H21N3O3S/c1-5-12(4)22-16-18-14(17)9-15(19-16)23(20,21)13-7-10(2)6-11(3)8-13/h6-9,12H,5H2,1-4H3,(H2,17,18,19). The van der Waals surface area contributed by atoms with Crippen LogP contribution in [0.1, 0.15) is 31.4 Å². The first-order valence-electron chi connectivity index (χ1n) is 7.37. The molecule has 0 saturated carbocycles. The minimum atomic E-state index is -3.78. The third-order valence-electron chi connectivity index (χ3n) is 3.36. The van der Waals surface area contributed by atoms with Crippen molar-refractivity contribution in [3.8, 4) is 6.01 Å². The average Bonchev–Trinajstić information content (AvgIpc) is 2.45. The van der Waals surface area contributed by atoms with Gasteiger partial charge in [0, 0.05) is 6.07 Å². The second kappa shape index (κ2) is 6.54. The van der Waals surface area contributed by atoms with Crippen LogP contribution >= 0.6 is 0 Å². The van der Waals surface area contributed by atoms with Gasteiger partial charge in [-0.1, -0.05) is 13.0 Å². The summed E-state index contributed by atoms with van der Waals surface area (Å²) in [7, 11) is -3.78. The minimum Gasteiger partial charge on any atom is -0.460 e. The maximum atomic E-state index is 12.8. The Labute approximate surface area is 136 Å². The first kappa shape index (κ1) is 17.2. The Kier molecular flexibility index (Phi) is 4.89. The SMILES string of the molecule is CCC(C)Oc1nc(N)cc(S(=O)(=O)c2cc(C)cc(C)c2)n1. The predicted molar refractivity (Wildman–Crippen MR) is 88.2 cm³/mol. The van der Waals surface area contributed by atoms with Crippen molar-refractivity contribution in [2.75, 3.05) is 5.73 Å². The zero-order chi connectivity index (χ0) is 17.2. The number of ether oxygens (including phenoxy) is 1. The van der Waals surface area contributed by atoms with Gasteiger partial charge in [0.15, 0.2) is 5.03 Å². The molecule has 23 heavy (non-hydrogen) atoms. The van der Waals surface area contributed by atoms with Crippen LogP contribution < -0.4 is 10.5 Å². The van der Waals surface area contributed by atoms with Gasteiger partial charge >= 0.3 is 6.01 Å². The van der Waals surface area contributed by atoms with E-state index in [1.54, 1.807) is 12.1 Å². The quantitative estimate of drug-likeness (QED) is 0.844. The third kappa shape index (κ3) is 3.98. The van der Waals surface area contributed by atoms with E-state index in [-0.39, 0.29) is 27.9 Å². The summed E-state index contributed by atoms with van der Waals surface area (Å²) >= 11 is 0. The molecule has 1 heterocycles. The molecule has 0 bridgehead atoms. The number of benzene rings is 1. The van der Waals surface area contributed by atoms with E-state index in [4.69, 9.17) is 10.5 Å². The van der Waals surface area contributed by atoms with Crippen molar-refractivity contribution in [1.29, 1.82) is 0 Å². The zero-order valence-corrected chi connectivity index (χ0v) is 14.5. The first-order valence-corrected chi connectivity index (χ1v) is 8.85. The number of nitrogens with zero attached hydrogens (tertiary/aromatic N) is 2. The van der Waals surface area contributed by atoms with E-state index in [0.29, 0.717) is 0 Å². The lowest BCUT2D eigenvalue weighted by molar-refractivity contribution is 0.198. The van der Waals surface area contributed by atoms with E-state index in [1.165, 1.54) is 6.07 Å². The summed E-state index contributed by atoms with van der Waals surface area (Å²) in [6.45, 7) is 7.49. The maximum absolute atomic E-state index is 12.8. The molecule has 0 aliphatic carbocycles. The summed E-state index contributed by atoms with van der Waals surface area (Å²) in [5.41, 5.74) is 7.44. The predicted octanol–water partition coefficient (Wildman–Crippen LogP) is 2.69. The van der Waals surface area contributed by atoms with E-state index >= 15 is 0 Å². The highest BCUT2D eigenvalue weighted by Gasteiger charge is 2.22. The highest BCUT2D eigenvalue weighted by molar-refractivity contribution is 7.91. The highest BCUT2D eigenvalue weighted by atomic mass is 32.2. The second-order valence-electron chi connectivity index (χ2n) is 5.58. The monoisotopic (exact) mass is 335 g/mol. The summed E-state index contributed by atoms with van der Waals surface area (Å²) in [4.78, 5) is 8.15. The highest BCUT2D eigenvalue weighted by Crippen LogP contribution is 2.24. The molecule has 2 rings (SSSR count). The molecule has 1 atom stereocenters. The number of nitrogens with two attached hydrogens (primary N) is 1. The summed E-state index contributed by atoms with van der Waals surface area (Å²) in [6, 6.07) is 6.34. The Balaban J connectivity index is 2.51. The van der Waals surface area contributed by atoms with E-state index < -0.39 is 9.84 Å². The van der Waals surface area contributed by atoms with Gasteiger partial charge in [0.2, 0.25) is 9.84 Å². The van der Waals surface area contributed by atoms with Gasteiger partial charge in [-0.15, -0.1) is 0 Å². The number of sulfone groups is 1. The largest absolute Gasteiger partial charge is 0.460 e. The van der Waals surface area contributed by atoms with Gasteiger partial charge in [-0.3, -0.25) is 0 Å². The number of nitrogen functional groups attached to an aromatic ring is 1. The topological polar surface area (TPSA) is 95.2 Å². The zero-order valence-electron chi connectivity index (χ0n) is 13.7. The molecule has 0 radical (unpaired) electrons. The molecule has 0 aliphatic heterocycles. The maximum Gasteiger partial charge on any atom is 0.319 e. The lowest BCUT2D eigenvalue weighted by atomic mass is 10.2. The van der Waals surface area contributed by atoms with Gasteiger partial charge < -0.3 is 10.5 Å². The molecule has 1 aromatic carbocycles. The summed E-state index contributed by atoms with van der Waals surface area (Å²) in [5.74, 6) is 0.0567. The molecule has 6 nitrogen and oxygen atoms in total. The normalized spacial score (nSPS) is 12.9. The van der Waals surface area contributed by atoms with E-state index in [1.807, 2.05) is 33.8 Å². The van der Waals surface area contributed by atoms with E-state index in [2.05, 4.69) is 9.97 Å². The fraction of sp³-hybridized carbons (Fsp3) is 0.375. The molecule has 2 N–H and O–H groups in total. The van der Waals surface area contributed by atoms with Gasteiger partial charge in [0.05, 0.1) is 11.0 Å². The summed E-state index contributed by atoms with van der Waals surface area (Å²) in [6.07, 6.45) is 0.616. The van der Waals surface area contributed by atoms with Crippen molar-refractivity contribution < 1.29 is 13.2 Å². The number of hydrogen-bond acceptors (Lipinski definition) is 6. The second-order valence-corrected chi connectivity index (χ2v) is 7.47. The van der Waals surface area contributed by atoms with Crippen molar-refractivity contribution in [3.63, 3.8) is 0 Å². The van der Waals surface area contributed by atoms with Crippen LogP contribution in [-0.2, 0) is 9.84 Å². The molecule has 1 aromatic heterocycles. The molecule has 0 fully saturated rings. The van der Waals surface area contributed by atoms with E-state index in [9.17, 15) is 8.42 Å². The van der Waals surface area contributed by atoms with E-state index in [0.717, 1.165) is 17.5 Å². The first-order chi connectivity index (χ1) is 10.7. The Morgan fingerprint density at radius 2 is 1.74 bits per heavy atom. The van der Waals surface area contributed by atoms with Gasteiger partial charge in [0.1, 0.15) is 5.82 Å². The Morgan fingerprint density at radius 1 is 1.13 bits per heavy atom. The smallest absolute Gasteiger partial charge is 0.319 e. The van der Waals surface area contributed by atoms with Crippen molar-refractivity contribution in [1.82, 2.24) is 9.97 Å². The van der Waals surface area contributed by atoms with Crippen LogP contribution in [0.5, 0.6) is 6.01 Å². The average molecular weight is 335 g/mol. The number of hydrogen-bond donors (Lipinski definition) is 1. The van der Waals surface area contributed by atoms with Crippen molar-refractivity contribution in [2.45, 2.75) is 50.1 Å². The van der Waals surface area contributed by atoms with Crippen LogP contribution in [0.2, 0.25) is 0 Å². The Hall–Kier alpha value is -2.15. The molecule has 7 heteroatoms. The Bertz CT molecular complexity index is 799. The fourth-order valence-corrected chi connectivity index (χ4v) is 3.48. The molecular formula is C16H21N3O3S. The third-order valence-corrected chi connectivity index (χ3v) is 4.98. The molecule has 0 spiro atoms. The lowest BCUT2D eigenvalue weighted by Gasteiger charge is -2.12. The van der Waals surface area contributed by atoms with Crippen LogP contribution in [-0.4, -0.2) is 24.5 Å². The van der Waals surface area contributed by atoms with Crippen molar-refractivity contribution in [2.24, 2.45) is 0 Å². The fourth-order valence-electron chi connectivity index (χ4n) is 2.08. The van der Waals surface area contributed by atoms with Gasteiger partial charge in [0.25, 0.3) is 0 Å². The Morgan fingerprint density at radius 3 is 2.30 bits per heavy atom. The van der Waals surface area contributed by atoms with Crippen LogP contribution in [0.3, 0.4) is 0 Å². The van der Waals surface area contributed by atoms with Gasteiger partial charge in [-0.05, 0) is 50.5 Å². The van der Waals surface area contributed by atoms with Gasteiger partial charge in [-0.2, -0.15) is 9.97 Å². The molecule has 0 aliphatic rings. The van der Waals surface area contributed by atoms with Crippen molar-refractivity contribution in [3.05, 3.63) is 35.4 Å². The summed E-state index contributed by atoms with van der Waals surface area (Å²) < 4.78 is 31.1. The molecule has 0 amide bonds. The molecule has 124 valence electrons. The van der Waals surface area contributed by atoms with Crippen molar-refractivity contribution >= 4 is 15.7 Å². The van der Waals surface area contributed by atoms with Crippen LogP contribution in [0.25, 0.3) is 0 Å². The molecule has 0 saturated heterocycles.